The van der Waals surface area contributed by atoms with Crippen LogP contribution in [0.25, 0.3) is 11.1 Å². The number of hydrogen-bond acceptors (Lipinski definition) is 2. The van der Waals surface area contributed by atoms with Gasteiger partial charge in [-0.25, -0.2) is 8.78 Å². The third-order valence-electron chi connectivity index (χ3n) is 4.69. The van der Waals surface area contributed by atoms with Crippen LogP contribution < -0.4 is 9.47 Å². The zero-order chi connectivity index (χ0) is 20.5. The summed E-state index contributed by atoms with van der Waals surface area (Å²) in [5.74, 6) is -0.517. The van der Waals surface area contributed by atoms with E-state index in [0.717, 1.165) is 31.2 Å². The predicted octanol–water partition coefficient (Wildman–Crippen LogP) is 7.17. The van der Waals surface area contributed by atoms with Crippen LogP contribution in [0.5, 0.6) is 11.5 Å². The first kappa shape index (κ1) is 20.8. The SMILES string of the molecule is CCCCCCOc1ccc(-c2ccc(OCc3ccccc3)c(F)c2)cc1F. The lowest BCUT2D eigenvalue weighted by molar-refractivity contribution is 0.290. The molecule has 0 saturated carbocycles. The maximum atomic E-state index is 14.4. The number of unbranched alkanes of at least 4 members (excludes halogenated alkanes) is 3. The Morgan fingerprint density at radius 2 is 1.31 bits per heavy atom. The molecule has 4 heteroatoms. The van der Waals surface area contributed by atoms with E-state index >= 15 is 0 Å². The van der Waals surface area contributed by atoms with E-state index in [1.165, 1.54) is 12.1 Å². The molecule has 0 fully saturated rings. The maximum Gasteiger partial charge on any atom is 0.165 e. The third kappa shape index (κ3) is 6.05. The highest BCUT2D eigenvalue weighted by molar-refractivity contribution is 5.65. The first-order valence-corrected chi connectivity index (χ1v) is 10.1. The van der Waals surface area contributed by atoms with Crippen molar-refractivity contribution < 1.29 is 18.3 Å². The van der Waals surface area contributed by atoms with Gasteiger partial charge in [0.1, 0.15) is 6.61 Å². The average molecular weight is 396 g/mol. The molecule has 3 rings (SSSR count). The van der Waals surface area contributed by atoms with Crippen molar-refractivity contribution in [3.8, 4) is 22.6 Å². The highest BCUT2D eigenvalue weighted by atomic mass is 19.1. The summed E-state index contributed by atoms with van der Waals surface area (Å²) >= 11 is 0. The lowest BCUT2D eigenvalue weighted by Gasteiger charge is -2.11. The van der Waals surface area contributed by atoms with Crippen LogP contribution in [0.1, 0.15) is 38.2 Å². The topological polar surface area (TPSA) is 18.5 Å². The van der Waals surface area contributed by atoms with Crippen LogP contribution in [0.4, 0.5) is 8.78 Å². The van der Waals surface area contributed by atoms with Crippen molar-refractivity contribution in [2.45, 2.75) is 39.2 Å². The summed E-state index contributed by atoms with van der Waals surface area (Å²) in [6, 6.07) is 18.9. The van der Waals surface area contributed by atoms with Gasteiger partial charge >= 0.3 is 0 Å². The van der Waals surface area contributed by atoms with Crippen LogP contribution in [0, 0.1) is 11.6 Å². The molecule has 3 aromatic rings. The largest absolute Gasteiger partial charge is 0.491 e. The molecular formula is C25H26F2O2. The minimum atomic E-state index is -0.477. The Labute approximate surface area is 171 Å². The molecule has 0 aliphatic carbocycles. The van der Waals surface area contributed by atoms with Crippen LogP contribution in [-0.2, 0) is 6.61 Å². The maximum absolute atomic E-state index is 14.4. The Bertz CT molecular complexity index is 910. The first-order valence-electron chi connectivity index (χ1n) is 10.1. The van der Waals surface area contributed by atoms with Gasteiger partial charge in [0.2, 0.25) is 0 Å². The van der Waals surface area contributed by atoms with Gasteiger partial charge in [-0.3, -0.25) is 0 Å². The van der Waals surface area contributed by atoms with Gasteiger partial charge in [0.05, 0.1) is 6.61 Å². The summed E-state index contributed by atoms with van der Waals surface area (Å²) < 4.78 is 39.9. The first-order chi connectivity index (χ1) is 14.2. The van der Waals surface area contributed by atoms with E-state index in [-0.39, 0.29) is 18.1 Å². The minimum Gasteiger partial charge on any atom is -0.491 e. The van der Waals surface area contributed by atoms with Gasteiger partial charge in [-0.15, -0.1) is 0 Å². The van der Waals surface area contributed by atoms with Crippen molar-refractivity contribution >= 4 is 0 Å². The van der Waals surface area contributed by atoms with Crippen LogP contribution in [-0.4, -0.2) is 6.61 Å². The molecular weight excluding hydrogens is 370 g/mol. The second-order valence-electron chi connectivity index (χ2n) is 6.97. The molecule has 0 saturated heterocycles. The molecule has 0 aliphatic heterocycles. The number of halogens is 2. The summed E-state index contributed by atoms with van der Waals surface area (Å²) in [5, 5.41) is 0. The zero-order valence-corrected chi connectivity index (χ0v) is 16.7. The summed E-state index contributed by atoms with van der Waals surface area (Å²) in [6.07, 6.45) is 4.29. The van der Waals surface area contributed by atoms with Crippen molar-refractivity contribution in [1.29, 1.82) is 0 Å². The second-order valence-corrected chi connectivity index (χ2v) is 6.97. The Morgan fingerprint density at radius 1 is 0.690 bits per heavy atom. The second kappa shape index (κ2) is 10.6. The van der Waals surface area contributed by atoms with Gasteiger partial charge in [-0.05, 0) is 47.4 Å². The van der Waals surface area contributed by atoms with E-state index in [1.807, 2.05) is 30.3 Å². The number of benzene rings is 3. The van der Waals surface area contributed by atoms with Gasteiger partial charge in [0, 0.05) is 0 Å². The smallest absolute Gasteiger partial charge is 0.165 e. The van der Waals surface area contributed by atoms with E-state index in [0.29, 0.717) is 17.7 Å². The lowest BCUT2D eigenvalue weighted by atomic mass is 10.0. The minimum absolute atomic E-state index is 0.171. The number of rotatable bonds is 10. The zero-order valence-electron chi connectivity index (χ0n) is 16.7. The molecule has 0 spiro atoms. The fraction of sp³-hybridized carbons (Fsp3) is 0.280. The fourth-order valence-electron chi connectivity index (χ4n) is 3.04. The van der Waals surface area contributed by atoms with Gasteiger partial charge in [0.25, 0.3) is 0 Å². The quantitative estimate of drug-likeness (QED) is 0.338. The summed E-state index contributed by atoms with van der Waals surface area (Å²) in [7, 11) is 0. The molecule has 0 aromatic heterocycles. The van der Waals surface area contributed by atoms with Crippen molar-refractivity contribution in [3.63, 3.8) is 0 Å². The lowest BCUT2D eigenvalue weighted by Crippen LogP contribution is -1.99. The molecule has 0 atom stereocenters. The van der Waals surface area contributed by atoms with E-state index in [1.54, 1.807) is 24.3 Å². The summed E-state index contributed by atoms with van der Waals surface area (Å²) in [5.41, 5.74) is 2.14. The Hall–Kier alpha value is -2.88. The normalized spacial score (nSPS) is 10.7. The molecule has 0 heterocycles. The van der Waals surface area contributed by atoms with E-state index in [4.69, 9.17) is 9.47 Å². The van der Waals surface area contributed by atoms with Crippen molar-refractivity contribution in [2.24, 2.45) is 0 Å². The summed E-state index contributed by atoms with van der Waals surface area (Å²) in [4.78, 5) is 0. The molecule has 152 valence electrons. The van der Waals surface area contributed by atoms with Gasteiger partial charge < -0.3 is 9.47 Å². The number of hydrogen-bond donors (Lipinski definition) is 0. The van der Waals surface area contributed by atoms with Crippen LogP contribution in [0.15, 0.2) is 66.7 Å². The molecule has 0 radical (unpaired) electrons. The van der Waals surface area contributed by atoms with Gasteiger partial charge in [-0.1, -0.05) is 68.7 Å². The molecule has 29 heavy (non-hydrogen) atoms. The monoisotopic (exact) mass is 396 g/mol. The molecule has 0 unspecified atom stereocenters. The highest BCUT2D eigenvalue weighted by Crippen LogP contribution is 2.29. The van der Waals surface area contributed by atoms with E-state index < -0.39 is 11.6 Å². The Balaban J connectivity index is 1.62. The molecule has 0 amide bonds. The average Bonchev–Trinajstić information content (AvgIpc) is 2.74. The van der Waals surface area contributed by atoms with Crippen LogP contribution >= 0.6 is 0 Å². The molecule has 0 bridgehead atoms. The fourth-order valence-corrected chi connectivity index (χ4v) is 3.04. The van der Waals surface area contributed by atoms with Crippen molar-refractivity contribution in [2.75, 3.05) is 6.61 Å². The standard InChI is InChI=1S/C25H26F2O2/c1-2-3-4-8-15-28-24-13-11-20(16-22(24)26)21-12-14-25(23(27)17-21)29-18-19-9-6-5-7-10-19/h5-7,9-14,16-17H,2-4,8,15,18H2,1H3. The van der Waals surface area contributed by atoms with Crippen molar-refractivity contribution in [3.05, 3.63) is 83.9 Å². The van der Waals surface area contributed by atoms with E-state index in [9.17, 15) is 8.78 Å². The van der Waals surface area contributed by atoms with Crippen LogP contribution in [0.2, 0.25) is 0 Å². The summed E-state index contributed by atoms with van der Waals surface area (Å²) in [6.45, 7) is 2.93. The van der Waals surface area contributed by atoms with Crippen molar-refractivity contribution in [1.82, 2.24) is 0 Å². The molecule has 0 aliphatic rings. The third-order valence-corrected chi connectivity index (χ3v) is 4.69. The molecule has 3 aromatic carbocycles. The highest BCUT2D eigenvalue weighted by Gasteiger charge is 2.10. The van der Waals surface area contributed by atoms with E-state index in [2.05, 4.69) is 6.92 Å². The number of ether oxygens (including phenoxy) is 2. The van der Waals surface area contributed by atoms with Gasteiger partial charge in [0.15, 0.2) is 23.1 Å². The predicted molar refractivity (Wildman–Crippen MR) is 112 cm³/mol. The van der Waals surface area contributed by atoms with Crippen LogP contribution in [0.3, 0.4) is 0 Å². The molecule has 2 nitrogen and oxygen atoms in total. The Morgan fingerprint density at radius 3 is 1.90 bits per heavy atom. The molecule has 0 N–H and O–H groups in total. The Kier molecular flexibility index (Phi) is 7.62. The van der Waals surface area contributed by atoms with Gasteiger partial charge in [-0.2, -0.15) is 0 Å².